The molecule has 0 heterocycles. The van der Waals surface area contributed by atoms with Gasteiger partial charge in [0.15, 0.2) is 0 Å². The van der Waals surface area contributed by atoms with Crippen LogP contribution in [0.2, 0.25) is 10.0 Å². The highest BCUT2D eigenvalue weighted by molar-refractivity contribution is 8.00. The highest BCUT2D eigenvalue weighted by atomic mass is 35.5. The number of amides is 2. The van der Waals surface area contributed by atoms with Crippen molar-refractivity contribution in [1.29, 1.82) is 0 Å². The lowest BCUT2D eigenvalue weighted by Crippen LogP contribution is -2.16. The number of hydrogen-bond donors (Lipinski definition) is 2. The molecule has 0 aromatic heterocycles. The van der Waals surface area contributed by atoms with Crippen molar-refractivity contribution in [2.24, 2.45) is 0 Å². The zero-order valence-electron chi connectivity index (χ0n) is 17.2. The van der Waals surface area contributed by atoms with E-state index in [0.717, 1.165) is 28.1 Å². The van der Waals surface area contributed by atoms with E-state index in [1.807, 2.05) is 43.3 Å². The zero-order chi connectivity index (χ0) is 22.4. The van der Waals surface area contributed by atoms with Gasteiger partial charge in [0.2, 0.25) is 5.91 Å². The van der Waals surface area contributed by atoms with E-state index in [4.69, 9.17) is 23.2 Å². The Hall–Kier alpha value is -2.47. The summed E-state index contributed by atoms with van der Waals surface area (Å²) >= 11 is 13.4. The molecule has 0 fully saturated rings. The molecule has 0 radical (unpaired) electrons. The second-order valence-corrected chi connectivity index (χ2v) is 8.80. The zero-order valence-corrected chi connectivity index (χ0v) is 19.5. The first kappa shape index (κ1) is 23.2. The van der Waals surface area contributed by atoms with Gasteiger partial charge < -0.3 is 10.6 Å². The van der Waals surface area contributed by atoms with E-state index in [2.05, 4.69) is 17.6 Å². The second-order valence-electron chi connectivity index (χ2n) is 6.91. The lowest BCUT2D eigenvalue weighted by Gasteiger charge is -2.13. The minimum absolute atomic E-state index is 0.0728. The molecule has 2 N–H and O–H groups in total. The van der Waals surface area contributed by atoms with Gasteiger partial charge in [-0.2, -0.15) is 0 Å². The van der Waals surface area contributed by atoms with Crippen molar-refractivity contribution < 1.29 is 9.59 Å². The summed E-state index contributed by atoms with van der Waals surface area (Å²) in [5.74, 6) is -0.137. The maximum absolute atomic E-state index is 12.5. The summed E-state index contributed by atoms with van der Waals surface area (Å²) in [7, 11) is 0. The Morgan fingerprint density at radius 2 is 1.74 bits per heavy atom. The van der Waals surface area contributed by atoms with Crippen LogP contribution in [0.25, 0.3) is 0 Å². The molecule has 160 valence electrons. The van der Waals surface area contributed by atoms with E-state index in [1.54, 1.807) is 18.2 Å². The molecule has 0 unspecified atom stereocenters. The standard InChI is InChI=1S/C24H22Cl2N2O2S/c1-3-16-7-4-6-15(2)23(16)28-22(29)14-31-19-9-5-8-18(13-19)27-24(30)20-11-10-17(25)12-21(20)26/h4-13H,3,14H2,1-2H3,(H,27,30)(H,28,29). The quantitative estimate of drug-likeness (QED) is 0.369. The van der Waals surface area contributed by atoms with Crippen LogP contribution in [0.3, 0.4) is 0 Å². The number of hydrogen-bond acceptors (Lipinski definition) is 3. The predicted octanol–water partition coefficient (Wildman–Crippen LogP) is 6.85. The van der Waals surface area contributed by atoms with Crippen LogP contribution in [0.1, 0.15) is 28.4 Å². The van der Waals surface area contributed by atoms with Gasteiger partial charge in [0, 0.05) is 21.3 Å². The predicted molar refractivity (Wildman–Crippen MR) is 131 cm³/mol. The normalized spacial score (nSPS) is 10.6. The molecular formula is C24H22Cl2N2O2S. The molecule has 3 rings (SSSR count). The Kier molecular flexibility index (Phi) is 8.02. The number of halogens is 2. The highest BCUT2D eigenvalue weighted by Gasteiger charge is 2.12. The van der Waals surface area contributed by atoms with Crippen molar-refractivity contribution in [2.45, 2.75) is 25.2 Å². The molecular weight excluding hydrogens is 451 g/mol. The fraction of sp³-hybridized carbons (Fsp3) is 0.167. The Bertz CT molecular complexity index is 1120. The number of carbonyl (C=O) groups excluding carboxylic acids is 2. The molecule has 2 amide bonds. The molecule has 0 spiro atoms. The first-order valence-corrected chi connectivity index (χ1v) is 11.5. The van der Waals surface area contributed by atoms with Gasteiger partial charge in [0.1, 0.15) is 0 Å². The van der Waals surface area contributed by atoms with Gasteiger partial charge in [-0.1, -0.05) is 54.4 Å². The van der Waals surface area contributed by atoms with Crippen molar-refractivity contribution in [3.63, 3.8) is 0 Å². The van der Waals surface area contributed by atoms with E-state index in [-0.39, 0.29) is 22.6 Å². The molecule has 0 atom stereocenters. The third kappa shape index (κ3) is 6.26. The van der Waals surface area contributed by atoms with Gasteiger partial charge in [-0.3, -0.25) is 9.59 Å². The van der Waals surface area contributed by atoms with E-state index in [9.17, 15) is 9.59 Å². The molecule has 31 heavy (non-hydrogen) atoms. The fourth-order valence-corrected chi connectivity index (χ4v) is 4.31. The number of aryl methyl sites for hydroxylation is 2. The second kappa shape index (κ2) is 10.7. The number of nitrogens with one attached hydrogen (secondary N) is 2. The van der Waals surface area contributed by atoms with Gasteiger partial charge in [-0.25, -0.2) is 0 Å². The summed E-state index contributed by atoms with van der Waals surface area (Å²) in [6.07, 6.45) is 0.851. The molecule has 3 aromatic carbocycles. The number of rotatable bonds is 7. The van der Waals surface area contributed by atoms with Crippen LogP contribution in [-0.2, 0) is 11.2 Å². The van der Waals surface area contributed by atoms with Gasteiger partial charge in [0.05, 0.1) is 16.3 Å². The van der Waals surface area contributed by atoms with Crippen molar-refractivity contribution >= 4 is 58.2 Å². The SMILES string of the molecule is CCc1cccc(C)c1NC(=O)CSc1cccc(NC(=O)c2ccc(Cl)cc2Cl)c1. The minimum Gasteiger partial charge on any atom is -0.325 e. The van der Waals surface area contributed by atoms with E-state index >= 15 is 0 Å². The van der Waals surface area contributed by atoms with Gasteiger partial charge in [-0.05, 0) is 60.9 Å². The average molecular weight is 473 g/mol. The summed E-state index contributed by atoms with van der Waals surface area (Å²) < 4.78 is 0. The fourth-order valence-electron chi connectivity index (χ4n) is 3.06. The maximum atomic E-state index is 12.5. The Labute approximate surface area is 196 Å². The van der Waals surface area contributed by atoms with Crippen LogP contribution in [0, 0.1) is 6.92 Å². The molecule has 0 aliphatic carbocycles. The number of benzene rings is 3. The monoisotopic (exact) mass is 472 g/mol. The molecule has 0 saturated carbocycles. The topological polar surface area (TPSA) is 58.2 Å². The third-order valence-electron chi connectivity index (χ3n) is 4.64. The van der Waals surface area contributed by atoms with Crippen molar-refractivity contribution in [3.05, 3.63) is 87.4 Å². The van der Waals surface area contributed by atoms with Crippen molar-refractivity contribution in [3.8, 4) is 0 Å². The van der Waals surface area contributed by atoms with Crippen LogP contribution in [-0.4, -0.2) is 17.6 Å². The smallest absolute Gasteiger partial charge is 0.257 e. The lowest BCUT2D eigenvalue weighted by atomic mass is 10.1. The molecule has 0 aliphatic heterocycles. The summed E-state index contributed by atoms with van der Waals surface area (Å²) in [5, 5.41) is 6.61. The van der Waals surface area contributed by atoms with Gasteiger partial charge in [-0.15, -0.1) is 11.8 Å². The number of para-hydroxylation sites is 1. The maximum Gasteiger partial charge on any atom is 0.257 e. The molecule has 0 aliphatic rings. The highest BCUT2D eigenvalue weighted by Crippen LogP contribution is 2.26. The molecule has 3 aromatic rings. The van der Waals surface area contributed by atoms with E-state index in [0.29, 0.717) is 16.3 Å². The van der Waals surface area contributed by atoms with Crippen LogP contribution >= 0.6 is 35.0 Å². The molecule has 4 nitrogen and oxygen atoms in total. The average Bonchev–Trinajstić information content (AvgIpc) is 2.74. The van der Waals surface area contributed by atoms with Crippen molar-refractivity contribution in [2.75, 3.05) is 16.4 Å². The largest absolute Gasteiger partial charge is 0.325 e. The lowest BCUT2D eigenvalue weighted by molar-refractivity contribution is -0.113. The number of carbonyl (C=O) groups is 2. The Morgan fingerprint density at radius 1 is 0.968 bits per heavy atom. The Balaban J connectivity index is 1.62. The Morgan fingerprint density at radius 3 is 2.48 bits per heavy atom. The van der Waals surface area contributed by atoms with Crippen LogP contribution in [0.15, 0.2) is 65.6 Å². The van der Waals surface area contributed by atoms with Crippen molar-refractivity contribution in [1.82, 2.24) is 0 Å². The van der Waals surface area contributed by atoms with Crippen LogP contribution in [0.5, 0.6) is 0 Å². The van der Waals surface area contributed by atoms with Crippen LogP contribution in [0.4, 0.5) is 11.4 Å². The summed E-state index contributed by atoms with van der Waals surface area (Å²) in [6.45, 7) is 4.05. The number of anilines is 2. The summed E-state index contributed by atoms with van der Waals surface area (Å²) in [4.78, 5) is 25.9. The van der Waals surface area contributed by atoms with Gasteiger partial charge >= 0.3 is 0 Å². The minimum atomic E-state index is -0.326. The first-order chi connectivity index (χ1) is 14.9. The third-order valence-corrected chi connectivity index (χ3v) is 6.18. The molecule has 0 saturated heterocycles. The van der Waals surface area contributed by atoms with Crippen LogP contribution < -0.4 is 10.6 Å². The van der Waals surface area contributed by atoms with Gasteiger partial charge in [0.25, 0.3) is 5.91 Å². The number of thioether (sulfide) groups is 1. The summed E-state index contributed by atoms with van der Waals surface area (Å²) in [6, 6.07) is 18.1. The molecule has 0 bridgehead atoms. The molecule has 7 heteroatoms. The first-order valence-electron chi connectivity index (χ1n) is 9.75. The van der Waals surface area contributed by atoms with E-state index < -0.39 is 0 Å². The summed E-state index contributed by atoms with van der Waals surface area (Å²) in [5.41, 5.74) is 4.01. The van der Waals surface area contributed by atoms with E-state index in [1.165, 1.54) is 17.8 Å².